The molecule has 6 heteroatoms. The van der Waals surface area contributed by atoms with Crippen molar-refractivity contribution in [3.63, 3.8) is 0 Å². The van der Waals surface area contributed by atoms with Crippen molar-refractivity contribution in [2.75, 3.05) is 18.0 Å². The second-order valence-electron chi connectivity index (χ2n) is 8.92. The van der Waals surface area contributed by atoms with Crippen molar-refractivity contribution in [2.24, 2.45) is 5.92 Å². The minimum atomic E-state index is 0.0216. The van der Waals surface area contributed by atoms with Crippen LogP contribution in [0.1, 0.15) is 46.7 Å². The average Bonchev–Trinajstić information content (AvgIpc) is 3.31. The number of thiophene rings is 1. The van der Waals surface area contributed by atoms with Crippen molar-refractivity contribution in [1.82, 2.24) is 4.90 Å². The number of amides is 1. The Hall–Kier alpha value is -2.96. The average molecular weight is 461 g/mol. The number of piperidine rings is 3. The summed E-state index contributed by atoms with van der Waals surface area (Å²) in [7, 11) is 0. The fourth-order valence-electron chi connectivity index (χ4n) is 5.20. The zero-order valence-corrected chi connectivity index (χ0v) is 19.8. The van der Waals surface area contributed by atoms with E-state index >= 15 is 0 Å². The molecule has 0 radical (unpaired) electrons. The van der Waals surface area contributed by atoms with Gasteiger partial charge in [0.05, 0.1) is 10.9 Å². The molecule has 2 atom stereocenters. The molecule has 3 fully saturated rings. The summed E-state index contributed by atoms with van der Waals surface area (Å²) in [5.41, 5.74) is 1.59. The highest BCUT2D eigenvalue weighted by molar-refractivity contribution is 7.15. The number of anilines is 1. The number of ether oxygens (including phenoxy) is 1. The predicted molar refractivity (Wildman–Crippen MR) is 132 cm³/mol. The molecule has 170 valence electrons. The number of carbonyl (C=O) groups excluding carboxylic acids is 2. The van der Waals surface area contributed by atoms with Gasteiger partial charge in [0.25, 0.3) is 5.91 Å². The molecule has 4 heterocycles. The van der Waals surface area contributed by atoms with Crippen molar-refractivity contribution in [2.45, 2.75) is 38.8 Å². The van der Waals surface area contributed by atoms with Gasteiger partial charge in [-0.1, -0.05) is 29.5 Å². The third-order valence-corrected chi connectivity index (χ3v) is 7.99. The van der Waals surface area contributed by atoms with Gasteiger partial charge >= 0.3 is 0 Å². The number of rotatable bonds is 6. The molecule has 5 nitrogen and oxygen atoms in total. The van der Waals surface area contributed by atoms with Gasteiger partial charge in [0, 0.05) is 17.3 Å². The first-order valence-corrected chi connectivity index (χ1v) is 12.3. The van der Waals surface area contributed by atoms with Crippen LogP contribution < -0.4 is 9.64 Å². The fourth-order valence-corrected chi connectivity index (χ4v) is 5.97. The van der Waals surface area contributed by atoms with Crippen molar-refractivity contribution in [3.05, 3.63) is 77.2 Å². The second-order valence-corrected chi connectivity index (χ2v) is 9.96. The quantitative estimate of drug-likeness (QED) is 0.432. The zero-order chi connectivity index (χ0) is 22.9. The molecule has 0 saturated carbocycles. The van der Waals surface area contributed by atoms with E-state index in [0.717, 1.165) is 31.6 Å². The maximum absolute atomic E-state index is 13.8. The van der Waals surface area contributed by atoms with Crippen LogP contribution in [0.25, 0.3) is 0 Å². The molecular formula is C27H28N2O3S. The number of hydrogen-bond donors (Lipinski definition) is 0. The monoisotopic (exact) mass is 460 g/mol. The summed E-state index contributed by atoms with van der Waals surface area (Å²) in [6.45, 7) is 6.05. The van der Waals surface area contributed by atoms with E-state index in [9.17, 15) is 9.59 Å². The third-order valence-electron chi connectivity index (χ3n) is 6.93. The highest BCUT2D eigenvalue weighted by atomic mass is 32.1. The van der Waals surface area contributed by atoms with Crippen LogP contribution in [0.4, 0.5) is 5.69 Å². The van der Waals surface area contributed by atoms with Crippen molar-refractivity contribution < 1.29 is 14.3 Å². The van der Waals surface area contributed by atoms with Gasteiger partial charge in [-0.15, -0.1) is 0 Å². The van der Waals surface area contributed by atoms with Gasteiger partial charge in [-0.3, -0.25) is 14.5 Å². The molecule has 3 aromatic rings. The van der Waals surface area contributed by atoms with Crippen LogP contribution >= 0.6 is 11.3 Å². The Morgan fingerprint density at radius 2 is 1.67 bits per heavy atom. The van der Waals surface area contributed by atoms with E-state index in [2.05, 4.69) is 11.8 Å². The van der Waals surface area contributed by atoms with Gasteiger partial charge < -0.3 is 9.64 Å². The van der Waals surface area contributed by atoms with E-state index in [-0.39, 0.29) is 17.7 Å². The maximum Gasteiger partial charge on any atom is 0.258 e. The largest absolute Gasteiger partial charge is 0.447 e. The van der Waals surface area contributed by atoms with Crippen LogP contribution in [0, 0.1) is 5.92 Å². The first-order valence-electron chi connectivity index (χ1n) is 11.5. The highest BCUT2D eigenvalue weighted by Gasteiger charge is 2.44. The molecule has 1 aromatic heterocycles. The Bertz CT molecular complexity index is 1130. The molecule has 0 aliphatic carbocycles. The lowest BCUT2D eigenvalue weighted by molar-refractivity contribution is 0.0327. The lowest BCUT2D eigenvalue weighted by Crippen LogP contribution is -2.63. The van der Waals surface area contributed by atoms with Crippen molar-refractivity contribution >= 4 is 28.7 Å². The topological polar surface area (TPSA) is 49.9 Å². The summed E-state index contributed by atoms with van der Waals surface area (Å²) in [5, 5.41) is 0.659. The number of carbonyl (C=O) groups is 2. The third kappa shape index (κ3) is 4.33. The standard InChI is InChI=1S/C27H28N2O3S/c1-18-26(20-14-16-28(18)17-15-20)29(22-6-4-3-5-7-22)27(31)21-8-10-23(11-9-21)32-25-13-12-24(33-25)19(2)30/h3-13,18,20,26H,14-17H2,1-2H3/t18-,26-/m0/s1. The van der Waals surface area contributed by atoms with Crippen molar-refractivity contribution in [3.8, 4) is 10.8 Å². The van der Waals surface area contributed by atoms with Gasteiger partial charge in [-0.25, -0.2) is 0 Å². The maximum atomic E-state index is 13.8. The van der Waals surface area contributed by atoms with Gasteiger partial charge in [0.15, 0.2) is 10.8 Å². The molecular weight excluding hydrogens is 432 g/mol. The van der Waals surface area contributed by atoms with Gasteiger partial charge in [0.2, 0.25) is 0 Å². The predicted octanol–water partition coefficient (Wildman–Crippen LogP) is 5.87. The molecule has 3 aliphatic rings. The highest BCUT2D eigenvalue weighted by Crippen LogP contribution is 2.38. The minimum Gasteiger partial charge on any atom is -0.447 e. The summed E-state index contributed by atoms with van der Waals surface area (Å²) in [4.78, 5) is 30.6. The van der Waals surface area contributed by atoms with Gasteiger partial charge in [-0.2, -0.15) is 0 Å². The Kier molecular flexibility index (Phi) is 6.04. The summed E-state index contributed by atoms with van der Waals surface area (Å²) in [6, 6.07) is 21.4. The van der Waals surface area contributed by atoms with E-state index in [1.807, 2.05) is 59.5 Å². The molecule has 3 aliphatic heterocycles. The van der Waals surface area contributed by atoms with E-state index < -0.39 is 0 Å². The van der Waals surface area contributed by atoms with Crippen LogP contribution in [0.5, 0.6) is 10.8 Å². The Labute approximate surface area is 198 Å². The Balaban J connectivity index is 1.40. The molecule has 3 saturated heterocycles. The molecule has 6 rings (SSSR count). The Morgan fingerprint density at radius 1 is 0.970 bits per heavy atom. The minimum absolute atomic E-state index is 0.0216. The zero-order valence-electron chi connectivity index (χ0n) is 18.9. The molecule has 2 aromatic carbocycles. The number of benzene rings is 2. The van der Waals surface area contributed by atoms with E-state index in [0.29, 0.717) is 33.2 Å². The number of fused-ring (bicyclic) bond motifs is 3. The first-order chi connectivity index (χ1) is 16.0. The lowest BCUT2D eigenvalue weighted by atomic mass is 9.78. The van der Waals surface area contributed by atoms with Crippen LogP contribution in [0.2, 0.25) is 0 Å². The summed E-state index contributed by atoms with van der Waals surface area (Å²) < 4.78 is 5.90. The number of para-hydroxylation sites is 1. The number of nitrogens with zero attached hydrogens (tertiary/aromatic N) is 2. The number of hydrogen-bond acceptors (Lipinski definition) is 5. The smallest absolute Gasteiger partial charge is 0.258 e. The molecule has 0 spiro atoms. The van der Waals surface area contributed by atoms with Crippen molar-refractivity contribution in [1.29, 1.82) is 0 Å². The normalized spacial score (nSPS) is 23.8. The van der Waals surface area contributed by atoms with Gasteiger partial charge in [0.1, 0.15) is 5.75 Å². The molecule has 0 unspecified atom stereocenters. The summed E-state index contributed by atoms with van der Waals surface area (Å²) in [6.07, 6.45) is 2.28. The molecule has 1 amide bonds. The van der Waals surface area contributed by atoms with Gasteiger partial charge in [-0.05, 0) is 94.2 Å². The summed E-state index contributed by atoms with van der Waals surface area (Å²) in [5.74, 6) is 1.21. The fraction of sp³-hybridized carbons (Fsp3) is 0.333. The van der Waals surface area contributed by atoms with E-state index in [1.54, 1.807) is 19.1 Å². The number of ketones is 1. The first kappa shape index (κ1) is 21.9. The molecule has 33 heavy (non-hydrogen) atoms. The lowest BCUT2D eigenvalue weighted by Gasteiger charge is -2.53. The molecule has 0 N–H and O–H groups in total. The van der Waals surface area contributed by atoms with Crippen LogP contribution in [0.15, 0.2) is 66.7 Å². The SMILES string of the molecule is CC(=O)c1ccc(Oc2ccc(C(=O)N(c3ccccc3)[C@@H]3C4CCN(CC4)[C@H]3C)cc2)s1. The van der Waals surface area contributed by atoms with Crippen LogP contribution in [0.3, 0.4) is 0 Å². The Morgan fingerprint density at radius 3 is 2.27 bits per heavy atom. The summed E-state index contributed by atoms with van der Waals surface area (Å²) >= 11 is 1.32. The van der Waals surface area contributed by atoms with Crippen LogP contribution in [-0.4, -0.2) is 41.8 Å². The van der Waals surface area contributed by atoms with Crippen LogP contribution in [-0.2, 0) is 0 Å². The number of Topliss-reactive ketones (excluding diaryl/α,β-unsaturated/α-hetero) is 1. The molecule has 2 bridgehead atoms. The second kappa shape index (κ2) is 9.12. The van der Waals surface area contributed by atoms with E-state index in [1.165, 1.54) is 11.3 Å². The van der Waals surface area contributed by atoms with E-state index in [4.69, 9.17) is 4.74 Å².